The van der Waals surface area contributed by atoms with Gasteiger partial charge in [0.15, 0.2) is 0 Å². The second-order valence-corrected chi connectivity index (χ2v) is 5.00. The van der Waals surface area contributed by atoms with Crippen molar-refractivity contribution in [2.75, 3.05) is 23.8 Å². The monoisotopic (exact) mass is 280 g/mol. The maximum Gasteiger partial charge on any atom is 0.134 e. The van der Waals surface area contributed by atoms with Gasteiger partial charge in [-0.2, -0.15) is 0 Å². The summed E-state index contributed by atoms with van der Waals surface area (Å²) in [5.41, 5.74) is 1.04. The van der Waals surface area contributed by atoms with Crippen LogP contribution in [0.4, 0.5) is 11.6 Å². The summed E-state index contributed by atoms with van der Waals surface area (Å²) in [7, 11) is 0. The van der Waals surface area contributed by atoms with Crippen LogP contribution in [0.25, 0.3) is 0 Å². The minimum atomic E-state index is 0.192. The van der Waals surface area contributed by atoms with Gasteiger partial charge in [0.1, 0.15) is 17.5 Å². The number of nitrogens with one attached hydrogen (secondary N) is 2. The van der Waals surface area contributed by atoms with Crippen molar-refractivity contribution < 1.29 is 5.11 Å². The first kappa shape index (κ1) is 16.7. The Kier molecular flexibility index (Phi) is 7.30. The minimum absolute atomic E-state index is 0.192. The zero-order valence-electron chi connectivity index (χ0n) is 13.2. The summed E-state index contributed by atoms with van der Waals surface area (Å²) in [6.07, 6.45) is 3.61. The van der Waals surface area contributed by atoms with Gasteiger partial charge in [-0.05, 0) is 33.1 Å². The molecule has 20 heavy (non-hydrogen) atoms. The summed E-state index contributed by atoms with van der Waals surface area (Å²) >= 11 is 0. The predicted molar refractivity (Wildman–Crippen MR) is 84.3 cm³/mol. The van der Waals surface area contributed by atoms with E-state index in [4.69, 9.17) is 5.11 Å². The lowest BCUT2D eigenvalue weighted by Gasteiger charge is -2.20. The number of aliphatic hydroxyl groups is 1. The van der Waals surface area contributed by atoms with Crippen LogP contribution < -0.4 is 10.6 Å². The fraction of sp³-hybridized carbons (Fsp3) is 0.733. The summed E-state index contributed by atoms with van der Waals surface area (Å²) in [6.45, 7) is 9.37. The molecule has 0 amide bonds. The van der Waals surface area contributed by atoms with Crippen LogP contribution >= 0.6 is 0 Å². The summed E-state index contributed by atoms with van der Waals surface area (Å²) in [6, 6.07) is 0.248. The van der Waals surface area contributed by atoms with Crippen LogP contribution in [-0.4, -0.2) is 34.3 Å². The van der Waals surface area contributed by atoms with E-state index in [9.17, 15) is 0 Å². The molecule has 3 N–H and O–H groups in total. The van der Waals surface area contributed by atoms with Gasteiger partial charge in [-0.1, -0.05) is 13.8 Å². The molecule has 1 aromatic heterocycles. The van der Waals surface area contributed by atoms with Gasteiger partial charge < -0.3 is 15.7 Å². The summed E-state index contributed by atoms with van der Waals surface area (Å²) < 4.78 is 0. The van der Waals surface area contributed by atoms with E-state index in [0.717, 1.165) is 55.3 Å². The van der Waals surface area contributed by atoms with Gasteiger partial charge in [0.25, 0.3) is 0 Å². The Balaban J connectivity index is 3.02. The third-order valence-electron chi connectivity index (χ3n) is 3.32. The number of aromatic nitrogens is 2. The lowest BCUT2D eigenvalue weighted by atomic mass is 10.1. The molecule has 0 aromatic carbocycles. The smallest absolute Gasteiger partial charge is 0.134 e. The molecule has 0 aliphatic carbocycles. The molecule has 0 aliphatic heterocycles. The van der Waals surface area contributed by atoms with Crippen molar-refractivity contribution in [3.63, 3.8) is 0 Å². The van der Waals surface area contributed by atoms with Crippen molar-refractivity contribution in [1.29, 1.82) is 0 Å². The van der Waals surface area contributed by atoms with Crippen molar-refractivity contribution in [1.82, 2.24) is 9.97 Å². The number of aryl methyl sites for hydroxylation is 1. The molecular formula is C15H28N4O. The van der Waals surface area contributed by atoms with Crippen molar-refractivity contribution in [2.45, 2.75) is 59.4 Å². The van der Waals surface area contributed by atoms with Gasteiger partial charge >= 0.3 is 0 Å². The number of aliphatic hydroxyl groups excluding tert-OH is 1. The molecular weight excluding hydrogens is 252 g/mol. The van der Waals surface area contributed by atoms with Crippen molar-refractivity contribution in [3.05, 3.63) is 11.4 Å². The van der Waals surface area contributed by atoms with Crippen LogP contribution in [0.2, 0.25) is 0 Å². The fourth-order valence-corrected chi connectivity index (χ4v) is 2.11. The molecule has 0 fully saturated rings. The van der Waals surface area contributed by atoms with Crippen LogP contribution in [-0.2, 0) is 6.42 Å². The van der Waals surface area contributed by atoms with E-state index in [-0.39, 0.29) is 12.6 Å². The number of rotatable bonds is 9. The number of hydrogen-bond acceptors (Lipinski definition) is 5. The average molecular weight is 280 g/mol. The molecule has 1 unspecified atom stereocenters. The van der Waals surface area contributed by atoms with Gasteiger partial charge in [0.05, 0.1) is 0 Å². The Labute approximate surface area is 122 Å². The second kappa shape index (κ2) is 8.74. The molecule has 5 nitrogen and oxygen atoms in total. The van der Waals surface area contributed by atoms with Crippen LogP contribution in [0.15, 0.2) is 0 Å². The van der Waals surface area contributed by atoms with E-state index in [1.54, 1.807) is 0 Å². The molecule has 0 aliphatic rings. The van der Waals surface area contributed by atoms with E-state index >= 15 is 0 Å². The van der Waals surface area contributed by atoms with E-state index < -0.39 is 0 Å². The third kappa shape index (κ3) is 4.63. The van der Waals surface area contributed by atoms with Crippen LogP contribution in [0, 0.1) is 6.92 Å². The predicted octanol–water partition coefficient (Wildman–Crippen LogP) is 2.74. The molecule has 5 heteroatoms. The van der Waals surface area contributed by atoms with Gasteiger partial charge in [-0.15, -0.1) is 0 Å². The Bertz CT molecular complexity index is 409. The summed E-state index contributed by atoms with van der Waals surface area (Å²) in [5, 5.41) is 15.8. The highest BCUT2D eigenvalue weighted by Gasteiger charge is 2.13. The largest absolute Gasteiger partial charge is 0.396 e. The summed E-state index contributed by atoms with van der Waals surface area (Å²) in [5.74, 6) is 2.67. The number of anilines is 2. The normalized spacial score (nSPS) is 12.2. The Hall–Kier alpha value is -1.36. The Morgan fingerprint density at radius 2 is 1.85 bits per heavy atom. The molecule has 1 atom stereocenters. The van der Waals surface area contributed by atoms with E-state index in [2.05, 4.69) is 41.4 Å². The zero-order valence-corrected chi connectivity index (χ0v) is 13.2. The highest BCUT2D eigenvalue weighted by Crippen LogP contribution is 2.22. The Morgan fingerprint density at radius 1 is 1.15 bits per heavy atom. The first-order valence-electron chi connectivity index (χ1n) is 7.64. The first-order valence-corrected chi connectivity index (χ1v) is 7.64. The quantitative estimate of drug-likeness (QED) is 0.649. The lowest BCUT2D eigenvalue weighted by Crippen LogP contribution is -2.22. The van der Waals surface area contributed by atoms with Gasteiger partial charge in [0.2, 0.25) is 0 Å². The number of hydrogen-bond donors (Lipinski definition) is 3. The van der Waals surface area contributed by atoms with Crippen molar-refractivity contribution in [2.24, 2.45) is 0 Å². The van der Waals surface area contributed by atoms with Crippen LogP contribution in [0.5, 0.6) is 0 Å². The molecule has 1 rings (SSSR count). The topological polar surface area (TPSA) is 70.1 Å². The zero-order chi connectivity index (χ0) is 15.0. The first-order chi connectivity index (χ1) is 9.65. The van der Waals surface area contributed by atoms with E-state index in [1.165, 1.54) is 0 Å². The highest BCUT2D eigenvalue weighted by molar-refractivity contribution is 5.57. The highest BCUT2D eigenvalue weighted by atomic mass is 16.3. The van der Waals surface area contributed by atoms with Gasteiger partial charge in [0, 0.05) is 31.2 Å². The average Bonchev–Trinajstić information content (AvgIpc) is 2.43. The SMILES string of the molecule is CCCc1nc(NCC)c(C)c(NC(CC)CCO)n1. The van der Waals surface area contributed by atoms with E-state index in [1.807, 2.05) is 6.92 Å². The summed E-state index contributed by atoms with van der Waals surface area (Å²) in [4.78, 5) is 9.21. The molecule has 0 saturated heterocycles. The molecule has 0 saturated carbocycles. The van der Waals surface area contributed by atoms with Crippen LogP contribution in [0.3, 0.4) is 0 Å². The molecule has 0 spiro atoms. The molecule has 1 aromatic rings. The van der Waals surface area contributed by atoms with E-state index in [0.29, 0.717) is 0 Å². The Morgan fingerprint density at radius 3 is 2.40 bits per heavy atom. The molecule has 114 valence electrons. The van der Waals surface area contributed by atoms with Crippen molar-refractivity contribution >= 4 is 11.6 Å². The second-order valence-electron chi connectivity index (χ2n) is 5.00. The third-order valence-corrected chi connectivity index (χ3v) is 3.32. The minimum Gasteiger partial charge on any atom is -0.396 e. The van der Waals surface area contributed by atoms with Crippen LogP contribution in [0.1, 0.15) is 51.4 Å². The van der Waals surface area contributed by atoms with Gasteiger partial charge in [-0.25, -0.2) is 9.97 Å². The molecule has 0 radical (unpaired) electrons. The standard InChI is InChI=1S/C15H28N4O/c1-5-8-13-18-14(16-7-3)11(4)15(19-13)17-12(6-2)9-10-20/h12,20H,5-10H2,1-4H3,(H2,16,17,18,19). The maximum atomic E-state index is 9.11. The number of nitrogens with zero attached hydrogens (tertiary/aromatic N) is 2. The maximum absolute atomic E-state index is 9.11. The van der Waals surface area contributed by atoms with Crippen molar-refractivity contribution in [3.8, 4) is 0 Å². The lowest BCUT2D eigenvalue weighted by molar-refractivity contribution is 0.278. The fourth-order valence-electron chi connectivity index (χ4n) is 2.11. The van der Waals surface area contributed by atoms with Gasteiger partial charge in [-0.3, -0.25) is 0 Å². The molecule has 0 bridgehead atoms. The molecule has 1 heterocycles.